The van der Waals surface area contributed by atoms with Gasteiger partial charge in [-0.3, -0.25) is 10.1 Å². The Hall–Kier alpha value is -4.20. The molecule has 8 nitrogen and oxygen atoms in total. The SMILES string of the molecule is Cn1cnnc1-c1cccc(NC(=O)c2cc3ccccc3cc2NC(=O)OC(C)(C)C)c1. The second-order valence-corrected chi connectivity index (χ2v) is 8.67. The van der Waals surface area contributed by atoms with Crippen LogP contribution in [-0.2, 0) is 11.8 Å². The molecular weight excluding hydrogens is 418 g/mol. The van der Waals surface area contributed by atoms with Crippen molar-refractivity contribution >= 4 is 34.1 Å². The van der Waals surface area contributed by atoms with Crippen molar-refractivity contribution in [1.29, 1.82) is 0 Å². The summed E-state index contributed by atoms with van der Waals surface area (Å²) in [5, 5.41) is 15.4. The number of hydrogen-bond donors (Lipinski definition) is 2. The first-order valence-electron chi connectivity index (χ1n) is 10.5. The lowest BCUT2D eigenvalue weighted by molar-refractivity contribution is 0.0636. The van der Waals surface area contributed by atoms with Crippen LogP contribution in [0.2, 0.25) is 0 Å². The monoisotopic (exact) mass is 443 g/mol. The van der Waals surface area contributed by atoms with Gasteiger partial charge in [0.05, 0.1) is 11.3 Å². The summed E-state index contributed by atoms with van der Waals surface area (Å²) in [6, 6.07) is 18.5. The van der Waals surface area contributed by atoms with Crippen LogP contribution in [-0.4, -0.2) is 32.4 Å². The van der Waals surface area contributed by atoms with Crippen molar-refractivity contribution < 1.29 is 14.3 Å². The number of aryl methyl sites for hydroxylation is 1. The van der Waals surface area contributed by atoms with Crippen LogP contribution in [0.1, 0.15) is 31.1 Å². The summed E-state index contributed by atoms with van der Waals surface area (Å²) in [7, 11) is 1.85. The van der Waals surface area contributed by atoms with Gasteiger partial charge in [0, 0.05) is 18.3 Å². The van der Waals surface area contributed by atoms with E-state index in [2.05, 4.69) is 20.8 Å². The van der Waals surface area contributed by atoms with Crippen LogP contribution >= 0.6 is 0 Å². The highest BCUT2D eigenvalue weighted by molar-refractivity contribution is 6.12. The number of nitrogens with zero attached hydrogens (tertiary/aromatic N) is 3. The Morgan fingerprint density at radius 3 is 2.33 bits per heavy atom. The molecule has 1 heterocycles. The first-order chi connectivity index (χ1) is 15.7. The molecule has 0 aliphatic rings. The number of aromatic nitrogens is 3. The summed E-state index contributed by atoms with van der Waals surface area (Å²) < 4.78 is 7.18. The largest absolute Gasteiger partial charge is 0.444 e. The molecule has 0 atom stereocenters. The lowest BCUT2D eigenvalue weighted by Crippen LogP contribution is -2.28. The van der Waals surface area contributed by atoms with Gasteiger partial charge >= 0.3 is 6.09 Å². The smallest absolute Gasteiger partial charge is 0.412 e. The maximum atomic E-state index is 13.3. The van der Waals surface area contributed by atoms with Gasteiger partial charge in [-0.25, -0.2) is 4.79 Å². The fraction of sp³-hybridized carbons (Fsp3) is 0.200. The average molecular weight is 444 g/mol. The molecule has 0 aliphatic carbocycles. The van der Waals surface area contributed by atoms with E-state index in [9.17, 15) is 9.59 Å². The molecule has 0 aliphatic heterocycles. The highest BCUT2D eigenvalue weighted by atomic mass is 16.6. The third-order valence-electron chi connectivity index (χ3n) is 4.86. The van der Waals surface area contributed by atoms with Crippen LogP contribution in [0.4, 0.5) is 16.2 Å². The predicted molar refractivity (Wildman–Crippen MR) is 128 cm³/mol. The van der Waals surface area contributed by atoms with Gasteiger partial charge in [-0.1, -0.05) is 36.4 Å². The first kappa shape index (κ1) is 22.0. The molecule has 1 aromatic heterocycles. The minimum absolute atomic E-state index is 0.323. The van der Waals surface area contributed by atoms with Gasteiger partial charge in [0.15, 0.2) is 5.82 Å². The van der Waals surface area contributed by atoms with Crippen molar-refractivity contribution in [2.45, 2.75) is 26.4 Å². The van der Waals surface area contributed by atoms with E-state index in [1.54, 1.807) is 49.9 Å². The molecule has 0 radical (unpaired) electrons. The summed E-state index contributed by atoms with van der Waals surface area (Å²) in [5.41, 5.74) is 1.44. The molecule has 0 saturated carbocycles. The lowest BCUT2D eigenvalue weighted by atomic mass is 10.0. The zero-order valence-electron chi connectivity index (χ0n) is 18.9. The molecule has 33 heavy (non-hydrogen) atoms. The number of hydrogen-bond acceptors (Lipinski definition) is 5. The number of carbonyl (C=O) groups is 2. The Kier molecular flexibility index (Phi) is 5.83. The van der Waals surface area contributed by atoms with Gasteiger partial charge in [0.2, 0.25) is 0 Å². The molecule has 3 aromatic carbocycles. The van der Waals surface area contributed by atoms with Gasteiger partial charge in [-0.2, -0.15) is 0 Å². The predicted octanol–water partition coefficient (Wildman–Crippen LogP) is 5.23. The van der Waals surface area contributed by atoms with Crippen molar-refractivity contribution in [2.75, 3.05) is 10.6 Å². The minimum Gasteiger partial charge on any atom is -0.444 e. The topological polar surface area (TPSA) is 98.1 Å². The van der Waals surface area contributed by atoms with Crippen LogP contribution < -0.4 is 10.6 Å². The number of rotatable bonds is 4. The van der Waals surface area contributed by atoms with Gasteiger partial charge in [-0.15, -0.1) is 10.2 Å². The van der Waals surface area contributed by atoms with Crippen LogP contribution in [0.25, 0.3) is 22.2 Å². The van der Waals surface area contributed by atoms with E-state index in [4.69, 9.17) is 4.74 Å². The summed E-state index contributed by atoms with van der Waals surface area (Å²) in [4.78, 5) is 25.7. The Balaban J connectivity index is 1.66. The van der Waals surface area contributed by atoms with Crippen LogP contribution in [0.15, 0.2) is 67.0 Å². The van der Waals surface area contributed by atoms with Crippen molar-refractivity contribution in [3.8, 4) is 11.4 Å². The van der Waals surface area contributed by atoms with Crippen molar-refractivity contribution in [3.05, 3.63) is 72.6 Å². The van der Waals surface area contributed by atoms with Crippen molar-refractivity contribution in [2.24, 2.45) is 7.05 Å². The maximum absolute atomic E-state index is 13.3. The van der Waals surface area contributed by atoms with Gasteiger partial charge in [0.1, 0.15) is 11.9 Å². The van der Waals surface area contributed by atoms with Crippen LogP contribution in [0.3, 0.4) is 0 Å². The average Bonchev–Trinajstić information content (AvgIpc) is 3.18. The molecule has 168 valence electrons. The summed E-state index contributed by atoms with van der Waals surface area (Å²) >= 11 is 0. The lowest BCUT2D eigenvalue weighted by Gasteiger charge is -2.20. The fourth-order valence-electron chi connectivity index (χ4n) is 3.42. The zero-order valence-corrected chi connectivity index (χ0v) is 18.9. The number of carbonyl (C=O) groups excluding carboxylic acids is 2. The first-order valence-corrected chi connectivity index (χ1v) is 10.5. The molecule has 2 amide bonds. The Morgan fingerprint density at radius 1 is 0.939 bits per heavy atom. The van der Waals surface area contributed by atoms with E-state index < -0.39 is 11.7 Å². The Morgan fingerprint density at radius 2 is 1.67 bits per heavy atom. The number of anilines is 2. The quantitative estimate of drug-likeness (QED) is 0.450. The summed E-state index contributed by atoms with van der Waals surface area (Å²) in [6.07, 6.45) is 0.987. The van der Waals surface area contributed by atoms with E-state index >= 15 is 0 Å². The molecule has 0 saturated heterocycles. The van der Waals surface area contributed by atoms with E-state index in [1.807, 2.05) is 49.5 Å². The number of nitrogens with one attached hydrogen (secondary N) is 2. The molecule has 4 aromatic rings. The summed E-state index contributed by atoms with van der Waals surface area (Å²) in [5.74, 6) is 0.325. The summed E-state index contributed by atoms with van der Waals surface area (Å²) in [6.45, 7) is 5.35. The van der Waals surface area contributed by atoms with Gasteiger partial charge in [-0.05, 0) is 55.8 Å². The molecule has 0 bridgehead atoms. The van der Waals surface area contributed by atoms with Gasteiger partial charge < -0.3 is 14.6 Å². The number of ether oxygens (including phenoxy) is 1. The molecule has 2 N–H and O–H groups in total. The highest BCUT2D eigenvalue weighted by Crippen LogP contribution is 2.27. The van der Waals surface area contributed by atoms with Crippen molar-refractivity contribution in [1.82, 2.24) is 14.8 Å². The molecule has 0 unspecified atom stereocenters. The maximum Gasteiger partial charge on any atom is 0.412 e. The second kappa shape index (κ2) is 8.74. The van der Waals surface area contributed by atoms with Crippen LogP contribution in [0, 0.1) is 0 Å². The highest BCUT2D eigenvalue weighted by Gasteiger charge is 2.20. The van der Waals surface area contributed by atoms with Gasteiger partial charge in [0.25, 0.3) is 5.91 Å². The molecular formula is C25H25N5O3. The van der Waals surface area contributed by atoms with E-state index in [-0.39, 0.29) is 5.91 Å². The Labute approximate surface area is 191 Å². The number of fused-ring (bicyclic) bond motifs is 1. The van der Waals surface area contributed by atoms with Crippen LogP contribution in [0.5, 0.6) is 0 Å². The molecule has 0 fully saturated rings. The normalized spacial score (nSPS) is 11.3. The number of amides is 2. The van der Waals surface area contributed by atoms with Crippen molar-refractivity contribution in [3.63, 3.8) is 0 Å². The molecule has 0 spiro atoms. The third-order valence-corrected chi connectivity index (χ3v) is 4.86. The number of benzene rings is 3. The fourth-order valence-corrected chi connectivity index (χ4v) is 3.42. The minimum atomic E-state index is -0.663. The molecule has 4 rings (SSSR count). The standard InChI is InChI=1S/C25H25N5O3/c1-25(2,3)33-24(32)28-21-14-17-9-6-5-8-16(17)13-20(21)23(31)27-19-11-7-10-18(12-19)22-29-26-15-30(22)4/h5-15H,1-4H3,(H,27,31)(H,28,32). The third kappa shape index (κ3) is 5.17. The second-order valence-electron chi connectivity index (χ2n) is 8.67. The zero-order chi connectivity index (χ0) is 23.6. The van der Waals surface area contributed by atoms with E-state index in [0.29, 0.717) is 22.8 Å². The van der Waals surface area contributed by atoms with E-state index in [0.717, 1.165) is 16.3 Å². The van der Waals surface area contributed by atoms with E-state index in [1.165, 1.54) is 0 Å². The Bertz CT molecular complexity index is 1340. The molecule has 8 heteroatoms.